The molecule has 0 aromatic carbocycles. The van der Waals surface area contributed by atoms with E-state index in [2.05, 4.69) is 36.3 Å². The van der Waals surface area contributed by atoms with E-state index in [0.717, 1.165) is 37.2 Å². The first-order chi connectivity index (χ1) is 9.24. The SMILES string of the molecule is Cl.Cl.Nc1ncc(-c2cnn(C3CCNCC3)c2)nc1Br. The Balaban J connectivity index is 0.00000110. The molecule has 21 heavy (non-hydrogen) atoms. The summed E-state index contributed by atoms with van der Waals surface area (Å²) in [5.74, 6) is 0.398. The van der Waals surface area contributed by atoms with Crippen LogP contribution in [0.3, 0.4) is 0 Å². The highest BCUT2D eigenvalue weighted by Crippen LogP contribution is 2.24. The summed E-state index contributed by atoms with van der Waals surface area (Å²) < 4.78 is 2.60. The fourth-order valence-electron chi connectivity index (χ4n) is 2.26. The predicted molar refractivity (Wildman–Crippen MR) is 91.0 cm³/mol. The van der Waals surface area contributed by atoms with Crippen LogP contribution < -0.4 is 11.1 Å². The normalized spacial score (nSPS) is 15.1. The number of halogens is 3. The zero-order chi connectivity index (χ0) is 13.2. The van der Waals surface area contributed by atoms with Gasteiger partial charge in [-0.05, 0) is 41.9 Å². The van der Waals surface area contributed by atoms with Crippen molar-refractivity contribution in [2.45, 2.75) is 18.9 Å². The van der Waals surface area contributed by atoms with Gasteiger partial charge in [-0.1, -0.05) is 0 Å². The Morgan fingerprint density at radius 3 is 2.62 bits per heavy atom. The molecule has 0 spiro atoms. The van der Waals surface area contributed by atoms with Crippen LogP contribution in [-0.4, -0.2) is 32.8 Å². The van der Waals surface area contributed by atoms with E-state index in [4.69, 9.17) is 5.73 Å². The monoisotopic (exact) mass is 394 g/mol. The number of nitrogens with two attached hydrogens (primary N) is 1. The third-order valence-electron chi connectivity index (χ3n) is 3.34. The van der Waals surface area contributed by atoms with E-state index in [-0.39, 0.29) is 24.8 Å². The zero-order valence-electron chi connectivity index (χ0n) is 11.2. The number of aromatic nitrogens is 4. The zero-order valence-corrected chi connectivity index (χ0v) is 14.4. The van der Waals surface area contributed by atoms with E-state index in [1.54, 1.807) is 6.20 Å². The Kier molecular flexibility index (Phi) is 6.86. The highest BCUT2D eigenvalue weighted by Gasteiger charge is 2.16. The average Bonchev–Trinajstić information content (AvgIpc) is 2.93. The second kappa shape index (κ2) is 7.93. The van der Waals surface area contributed by atoms with Crippen LogP contribution in [0.2, 0.25) is 0 Å². The van der Waals surface area contributed by atoms with Crippen LogP contribution >= 0.6 is 40.7 Å². The van der Waals surface area contributed by atoms with Crippen molar-refractivity contribution in [2.24, 2.45) is 0 Å². The van der Waals surface area contributed by atoms with Gasteiger partial charge in [0.1, 0.15) is 4.60 Å². The highest BCUT2D eigenvalue weighted by atomic mass is 79.9. The standard InChI is InChI=1S/C12H15BrN6.2ClH/c13-11-12(14)16-6-10(18-11)8-5-17-19(7-8)9-1-3-15-4-2-9;;/h5-7,9,15H,1-4H2,(H2,14,16);2*1H. The van der Waals surface area contributed by atoms with Crippen LogP contribution in [0.15, 0.2) is 23.2 Å². The van der Waals surface area contributed by atoms with Crippen molar-refractivity contribution >= 4 is 46.6 Å². The Bertz CT molecular complexity index is 585. The smallest absolute Gasteiger partial charge is 0.156 e. The van der Waals surface area contributed by atoms with Gasteiger partial charge in [0.05, 0.1) is 24.1 Å². The van der Waals surface area contributed by atoms with Crippen LogP contribution in [0, 0.1) is 0 Å². The number of hydrogen-bond donors (Lipinski definition) is 2. The van der Waals surface area contributed by atoms with Gasteiger partial charge in [-0.15, -0.1) is 24.8 Å². The number of nitrogen functional groups attached to an aromatic ring is 1. The maximum atomic E-state index is 5.64. The van der Waals surface area contributed by atoms with E-state index in [1.165, 1.54) is 0 Å². The van der Waals surface area contributed by atoms with E-state index in [1.807, 2.05) is 17.1 Å². The van der Waals surface area contributed by atoms with Crippen molar-refractivity contribution in [1.82, 2.24) is 25.1 Å². The lowest BCUT2D eigenvalue weighted by Crippen LogP contribution is -2.29. The van der Waals surface area contributed by atoms with Crippen molar-refractivity contribution in [2.75, 3.05) is 18.8 Å². The largest absolute Gasteiger partial charge is 0.381 e. The molecule has 3 N–H and O–H groups in total. The molecule has 1 saturated heterocycles. The van der Waals surface area contributed by atoms with Crippen LogP contribution in [-0.2, 0) is 0 Å². The van der Waals surface area contributed by atoms with Gasteiger partial charge in [0.25, 0.3) is 0 Å². The molecule has 0 saturated carbocycles. The van der Waals surface area contributed by atoms with Gasteiger partial charge in [0.2, 0.25) is 0 Å². The molecule has 0 bridgehead atoms. The molecule has 1 fully saturated rings. The molecule has 116 valence electrons. The van der Waals surface area contributed by atoms with Gasteiger partial charge >= 0.3 is 0 Å². The van der Waals surface area contributed by atoms with Crippen molar-refractivity contribution in [1.29, 1.82) is 0 Å². The number of hydrogen-bond acceptors (Lipinski definition) is 5. The predicted octanol–water partition coefficient (Wildman–Crippen LogP) is 2.45. The number of nitrogens with one attached hydrogen (secondary N) is 1. The molecule has 0 atom stereocenters. The molecule has 9 heteroatoms. The molecular formula is C12H17BrCl2N6. The van der Waals surface area contributed by atoms with Gasteiger partial charge in [0.15, 0.2) is 5.82 Å². The third-order valence-corrected chi connectivity index (χ3v) is 3.92. The third kappa shape index (κ3) is 4.06. The fraction of sp³-hybridized carbons (Fsp3) is 0.417. The maximum Gasteiger partial charge on any atom is 0.156 e. The minimum absolute atomic E-state index is 0. The summed E-state index contributed by atoms with van der Waals surface area (Å²) in [5, 5.41) is 7.80. The quantitative estimate of drug-likeness (QED) is 0.816. The molecule has 1 aliphatic heterocycles. The topological polar surface area (TPSA) is 81.6 Å². The Hall–Kier alpha value is -0.890. The van der Waals surface area contributed by atoms with Crippen molar-refractivity contribution < 1.29 is 0 Å². The Labute approximate surface area is 143 Å². The molecular weight excluding hydrogens is 379 g/mol. The van der Waals surface area contributed by atoms with Crippen LogP contribution in [0.1, 0.15) is 18.9 Å². The number of anilines is 1. The fourth-order valence-corrected chi connectivity index (χ4v) is 2.55. The first-order valence-electron chi connectivity index (χ1n) is 6.27. The molecule has 0 amide bonds. The first-order valence-corrected chi connectivity index (χ1v) is 7.06. The second-order valence-corrected chi connectivity index (χ2v) is 5.37. The van der Waals surface area contributed by atoms with Crippen LogP contribution in [0.4, 0.5) is 5.82 Å². The second-order valence-electron chi connectivity index (χ2n) is 4.62. The van der Waals surface area contributed by atoms with Crippen LogP contribution in [0.25, 0.3) is 11.3 Å². The van der Waals surface area contributed by atoms with Gasteiger partial charge in [-0.3, -0.25) is 4.68 Å². The van der Waals surface area contributed by atoms with E-state index < -0.39 is 0 Å². The molecule has 2 aromatic heterocycles. The van der Waals surface area contributed by atoms with Gasteiger partial charge in [-0.2, -0.15) is 5.10 Å². The number of piperidine rings is 1. The molecule has 0 radical (unpaired) electrons. The van der Waals surface area contributed by atoms with Gasteiger partial charge < -0.3 is 11.1 Å². The summed E-state index contributed by atoms with van der Waals surface area (Å²) in [6, 6.07) is 0.472. The lowest BCUT2D eigenvalue weighted by molar-refractivity contribution is 0.343. The van der Waals surface area contributed by atoms with E-state index >= 15 is 0 Å². The summed E-state index contributed by atoms with van der Waals surface area (Å²) in [7, 11) is 0. The molecule has 3 rings (SSSR count). The molecule has 0 aliphatic carbocycles. The summed E-state index contributed by atoms with van der Waals surface area (Å²) >= 11 is 3.29. The van der Waals surface area contributed by atoms with Gasteiger partial charge in [-0.25, -0.2) is 9.97 Å². The average molecular weight is 396 g/mol. The molecule has 2 aromatic rings. The molecule has 3 heterocycles. The first kappa shape index (κ1) is 18.2. The van der Waals surface area contributed by atoms with E-state index in [0.29, 0.717) is 16.5 Å². The lowest BCUT2D eigenvalue weighted by Gasteiger charge is -2.22. The molecule has 1 aliphatic rings. The molecule has 0 unspecified atom stereocenters. The van der Waals surface area contributed by atoms with Crippen molar-refractivity contribution in [3.8, 4) is 11.3 Å². The number of rotatable bonds is 2. The minimum atomic E-state index is 0. The van der Waals surface area contributed by atoms with Crippen molar-refractivity contribution in [3.05, 3.63) is 23.2 Å². The summed E-state index contributed by atoms with van der Waals surface area (Å²) in [4.78, 5) is 8.46. The van der Waals surface area contributed by atoms with Crippen molar-refractivity contribution in [3.63, 3.8) is 0 Å². The summed E-state index contributed by atoms with van der Waals surface area (Å²) in [5.41, 5.74) is 7.38. The maximum absolute atomic E-state index is 5.64. The summed E-state index contributed by atoms with van der Waals surface area (Å²) in [6.45, 7) is 2.10. The van der Waals surface area contributed by atoms with Gasteiger partial charge in [0, 0.05) is 11.8 Å². The molecule has 6 nitrogen and oxygen atoms in total. The Morgan fingerprint density at radius 1 is 1.24 bits per heavy atom. The van der Waals surface area contributed by atoms with Crippen LogP contribution in [0.5, 0.6) is 0 Å². The highest BCUT2D eigenvalue weighted by molar-refractivity contribution is 9.10. The minimum Gasteiger partial charge on any atom is -0.381 e. The lowest BCUT2D eigenvalue weighted by atomic mass is 10.1. The number of nitrogens with zero attached hydrogens (tertiary/aromatic N) is 4. The Morgan fingerprint density at radius 2 is 1.95 bits per heavy atom. The summed E-state index contributed by atoms with van der Waals surface area (Å²) in [6.07, 6.45) is 7.75. The van der Waals surface area contributed by atoms with E-state index in [9.17, 15) is 0 Å².